The fourth-order valence-electron chi connectivity index (χ4n) is 11.0. The molecule has 208 valence electrons. The molecule has 0 radical (unpaired) electrons. The van der Waals surface area contributed by atoms with Crippen LogP contribution in [-0.2, 0) is 9.53 Å². The van der Waals surface area contributed by atoms with Crippen molar-refractivity contribution in [2.45, 2.75) is 144 Å². The lowest BCUT2D eigenvalue weighted by Crippen LogP contribution is -2.57. The maximum Gasteiger partial charge on any atom is 0.306 e. The fourth-order valence-corrected chi connectivity index (χ4v) is 11.0. The molecule has 8 atom stereocenters. The Labute approximate surface area is 221 Å². The summed E-state index contributed by atoms with van der Waals surface area (Å²) >= 11 is 0. The highest BCUT2D eigenvalue weighted by Crippen LogP contribution is 2.65. The minimum absolute atomic E-state index is 0.0350. The van der Waals surface area contributed by atoms with Crippen LogP contribution in [0.1, 0.15) is 132 Å². The zero-order chi connectivity index (χ0) is 26.8. The van der Waals surface area contributed by atoms with Crippen molar-refractivity contribution in [2.75, 3.05) is 6.61 Å². The topological polar surface area (TPSA) is 66.8 Å². The van der Waals surface area contributed by atoms with Gasteiger partial charge >= 0.3 is 5.97 Å². The smallest absolute Gasteiger partial charge is 0.306 e. The minimum Gasteiger partial charge on any atom is -0.459 e. The summed E-state index contributed by atoms with van der Waals surface area (Å²) in [6.07, 6.45) is 13.4. The van der Waals surface area contributed by atoms with E-state index in [0.717, 1.165) is 31.6 Å². The summed E-state index contributed by atoms with van der Waals surface area (Å²) < 4.78 is 5.70. The summed E-state index contributed by atoms with van der Waals surface area (Å²) in [6, 6.07) is 0. The zero-order valence-corrected chi connectivity index (χ0v) is 24.7. The van der Waals surface area contributed by atoms with Crippen LogP contribution in [-0.4, -0.2) is 34.0 Å². The van der Waals surface area contributed by atoms with Crippen molar-refractivity contribution in [1.29, 1.82) is 0 Å². The molecule has 4 heteroatoms. The molecular weight excluding hydrogens is 448 g/mol. The number of hydrogen-bond donors (Lipinski definition) is 2. The lowest BCUT2D eigenvalue weighted by atomic mass is 9.45. The van der Waals surface area contributed by atoms with Crippen molar-refractivity contribution in [2.24, 2.45) is 45.3 Å². The number of aliphatic hydroxyl groups excluding tert-OH is 1. The molecule has 36 heavy (non-hydrogen) atoms. The Morgan fingerprint density at radius 2 is 1.28 bits per heavy atom. The second kappa shape index (κ2) is 9.25. The van der Waals surface area contributed by atoms with Crippen LogP contribution in [0.5, 0.6) is 0 Å². The molecule has 0 amide bonds. The van der Waals surface area contributed by atoms with E-state index < -0.39 is 5.60 Å². The summed E-state index contributed by atoms with van der Waals surface area (Å²) in [4.78, 5) is 11.8. The standard InChI is InChI=1S/C16H26O2.C16H30O2/c1-14(2)7-5-8-15(3)11(14)6-9-16(4)12(15)10-13(17)18-16;1-14(2)8-5-9-15(3)12(14)6-10-16(4,18)13(15)7-11-17/h11-12H,5-10H2,1-4H3;12-13,17-18H,5-11H2,1-4H3/t11?,12-,15+,16-;12?,13-,15+,16-/m11/s1. The molecule has 0 aromatic rings. The second-order valence-electron chi connectivity index (χ2n) is 15.8. The third kappa shape index (κ3) is 4.59. The van der Waals surface area contributed by atoms with E-state index in [1.54, 1.807) is 0 Å². The van der Waals surface area contributed by atoms with Gasteiger partial charge in [-0.3, -0.25) is 4.79 Å². The Kier molecular flexibility index (Phi) is 7.30. The van der Waals surface area contributed by atoms with Gasteiger partial charge in [0.15, 0.2) is 0 Å². The van der Waals surface area contributed by atoms with Gasteiger partial charge in [0.1, 0.15) is 5.60 Å². The average Bonchev–Trinajstić information content (AvgIpc) is 3.05. The van der Waals surface area contributed by atoms with E-state index in [9.17, 15) is 15.0 Å². The Hall–Kier alpha value is -0.610. The normalized spacial score (nSPS) is 49.0. The molecule has 4 nitrogen and oxygen atoms in total. The van der Waals surface area contributed by atoms with Gasteiger partial charge in [0.25, 0.3) is 0 Å². The highest BCUT2D eigenvalue weighted by Gasteiger charge is 2.62. The number of aliphatic hydroxyl groups is 2. The van der Waals surface area contributed by atoms with Crippen LogP contribution >= 0.6 is 0 Å². The Balaban J connectivity index is 0.000000169. The monoisotopic (exact) mass is 504 g/mol. The number of rotatable bonds is 2. The molecule has 0 spiro atoms. The molecule has 5 rings (SSSR count). The molecule has 5 aliphatic rings. The van der Waals surface area contributed by atoms with Gasteiger partial charge in [0.05, 0.1) is 12.0 Å². The van der Waals surface area contributed by atoms with Gasteiger partial charge in [-0.05, 0) is 111 Å². The number of esters is 1. The highest BCUT2D eigenvalue weighted by atomic mass is 16.6. The molecular formula is C32H56O4. The maximum absolute atomic E-state index is 11.8. The van der Waals surface area contributed by atoms with E-state index in [1.807, 2.05) is 6.92 Å². The van der Waals surface area contributed by atoms with Crippen molar-refractivity contribution in [3.63, 3.8) is 0 Å². The lowest BCUT2D eigenvalue weighted by Gasteiger charge is -2.61. The number of carbonyl (C=O) groups excluding carboxylic acids is 1. The predicted octanol–water partition coefficient (Wildman–Crippen LogP) is 7.30. The van der Waals surface area contributed by atoms with E-state index >= 15 is 0 Å². The summed E-state index contributed by atoms with van der Waals surface area (Å²) in [5.74, 6) is 2.17. The number of hydrogen-bond acceptors (Lipinski definition) is 4. The van der Waals surface area contributed by atoms with Gasteiger partial charge in [0.2, 0.25) is 0 Å². The SMILES string of the molecule is CC1(C)CCC[C@@]2(C)C1CC[C@@](C)(O)[C@@H]2CCO.CC1(C)CCC[C@@]2(C)C1CC[C@@]1(C)OC(=O)C[C@@H]12. The molecule has 0 bridgehead atoms. The molecule has 2 N–H and O–H groups in total. The largest absolute Gasteiger partial charge is 0.459 e. The molecule has 0 aromatic heterocycles. The number of fused-ring (bicyclic) bond motifs is 4. The van der Waals surface area contributed by atoms with E-state index in [4.69, 9.17) is 4.74 Å². The predicted molar refractivity (Wildman–Crippen MR) is 145 cm³/mol. The van der Waals surface area contributed by atoms with Gasteiger partial charge in [-0.25, -0.2) is 0 Å². The summed E-state index contributed by atoms with van der Waals surface area (Å²) in [7, 11) is 0. The van der Waals surface area contributed by atoms with Gasteiger partial charge in [-0.2, -0.15) is 0 Å². The quantitative estimate of drug-likeness (QED) is 0.387. The van der Waals surface area contributed by atoms with Crippen LogP contribution < -0.4 is 0 Å². The number of ether oxygens (including phenoxy) is 1. The first-order valence-corrected chi connectivity index (χ1v) is 15.1. The second-order valence-corrected chi connectivity index (χ2v) is 15.8. The molecule has 2 unspecified atom stereocenters. The van der Waals surface area contributed by atoms with E-state index in [2.05, 4.69) is 48.5 Å². The molecule has 1 aliphatic heterocycles. The van der Waals surface area contributed by atoms with Crippen LogP contribution in [0.15, 0.2) is 0 Å². The third-order valence-electron chi connectivity index (χ3n) is 12.6. The Morgan fingerprint density at radius 3 is 1.86 bits per heavy atom. The first-order valence-electron chi connectivity index (χ1n) is 15.1. The summed E-state index contributed by atoms with van der Waals surface area (Å²) in [5, 5.41) is 20.1. The number of carbonyl (C=O) groups is 1. The molecule has 0 aromatic carbocycles. The van der Waals surface area contributed by atoms with Gasteiger partial charge in [0, 0.05) is 12.5 Å². The third-order valence-corrected chi connectivity index (χ3v) is 12.6. The lowest BCUT2D eigenvalue weighted by molar-refractivity contribution is -0.171. The van der Waals surface area contributed by atoms with Crippen molar-refractivity contribution in [3.05, 3.63) is 0 Å². The van der Waals surface area contributed by atoms with E-state index in [1.165, 1.54) is 44.9 Å². The van der Waals surface area contributed by atoms with Gasteiger partial charge in [-0.1, -0.05) is 54.4 Å². The summed E-state index contributed by atoms with van der Waals surface area (Å²) in [6.45, 7) is 18.8. The highest BCUT2D eigenvalue weighted by molar-refractivity contribution is 5.73. The average molecular weight is 505 g/mol. The maximum atomic E-state index is 11.8. The van der Waals surface area contributed by atoms with E-state index in [-0.39, 0.29) is 29.5 Å². The summed E-state index contributed by atoms with van der Waals surface area (Å²) in [5.41, 5.74) is 0.557. The van der Waals surface area contributed by atoms with Crippen LogP contribution in [0.2, 0.25) is 0 Å². The van der Waals surface area contributed by atoms with Crippen LogP contribution in [0.25, 0.3) is 0 Å². The van der Waals surface area contributed by atoms with Crippen molar-refractivity contribution in [1.82, 2.24) is 0 Å². The molecule has 1 heterocycles. The van der Waals surface area contributed by atoms with Crippen LogP contribution in [0.3, 0.4) is 0 Å². The minimum atomic E-state index is -0.596. The molecule has 5 fully saturated rings. The van der Waals surface area contributed by atoms with Crippen LogP contribution in [0.4, 0.5) is 0 Å². The Bertz CT molecular complexity index is 830. The van der Waals surface area contributed by atoms with Gasteiger partial charge < -0.3 is 14.9 Å². The Morgan fingerprint density at radius 1 is 0.750 bits per heavy atom. The van der Waals surface area contributed by atoms with Crippen LogP contribution in [0, 0.1) is 45.3 Å². The first-order chi connectivity index (χ1) is 16.5. The van der Waals surface area contributed by atoms with Crippen molar-refractivity contribution < 1.29 is 19.7 Å². The molecule has 4 saturated carbocycles. The molecule has 1 saturated heterocycles. The zero-order valence-electron chi connectivity index (χ0n) is 24.7. The van der Waals surface area contributed by atoms with Crippen molar-refractivity contribution in [3.8, 4) is 0 Å². The fraction of sp³-hybridized carbons (Fsp3) is 0.969. The van der Waals surface area contributed by atoms with Gasteiger partial charge in [-0.15, -0.1) is 0 Å². The first kappa shape index (κ1) is 28.4. The van der Waals surface area contributed by atoms with Crippen molar-refractivity contribution >= 4 is 5.97 Å². The molecule has 4 aliphatic carbocycles. The van der Waals surface area contributed by atoms with E-state index in [0.29, 0.717) is 34.5 Å².